The van der Waals surface area contributed by atoms with E-state index >= 15 is 0 Å². The Balaban J connectivity index is 1.90. The molecular formula is C19H31N3O5S. The number of sulfonamides is 1. The lowest BCUT2D eigenvalue weighted by Crippen LogP contribution is -2.51. The van der Waals surface area contributed by atoms with Gasteiger partial charge in [0.15, 0.2) is 11.5 Å². The SMILES string of the molecule is COc1ccc(S(=O)(=O)NCC2CCN(C(=O)NC(C)(C)C)CC2)cc1OC. The van der Waals surface area contributed by atoms with E-state index in [1.807, 2.05) is 20.8 Å². The van der Waals surface area contributed by atoms with E-state index in [2.05, 4.69) is 10.0 Å². The number of carbonyl (C=O) groups excluding carboxylic acids is 1. The summed E-state index contributed by atoms with van der Waals surface area (Å²) in [6.45, 7) is 7.41. The van der Waals surface area contributed by atoms with Gasteiger partial charge in [-0.25, -0.2) is 17.9 Å². The maximum atomic E-state index is 12.6. The van der Waals surface area contributed by atoms with Crippen LogP contribution in [-0.4, -0.2) is 58.7 Å². The minimum Gasteiger partial charge on any atom is -0.493 e. The zero-order chi connectivity index (χ0) is 20.9. The van der Waals surface area contributed by atoms with Crippen molar-refractivity contribution in [2.45, 2.75) is 44.0 Å². The van der Waals surface area contributed by atoms with Crippen LogP contribution in [0, 0.1) is 5.92 Å². The molecule has 9 heteroatoms. The summed E-state index contributed by atoms with van der Waals surface area (Å²) >= 11 is 0. The maximum absolute atomic E-state index is 12.6. The Kier molecular flexibility index (Phi) is 7.16. The zero-order valence-corrected chi connectivity index (χ0v) is 18.1. The highest BCUT2D eigenvalue weighted by Crippen LogP contribution is 2.29. The number of benzene rings is 1. The summed E-state index contributed by atoms with van der Waals surface area (Å²) in [6.07, 6.45) is 1.51. The van der Waals surface area contributed by atoms with Gasteiger partial charge in [0.1, 0.15) is 0 Å². The molecule has 2 rings (SSSR count). The van der Waals surface area contributed by atoms with E-state index in [4.69, 9.17) is 9.47 Å². The average Bonchev–Trinajstić information content (AvgIpc) is 2.64. The topological polar surface area (TPSA) is 97.0 Å². The summed E-state index contributed by atoms with van der Waals surface area (Å²) in [4.78, 5) is 14.1. The molecule has 8 nitrogen and oxygen atoms in total. The summed E-state index contributed by atoms with van der Waals surface area (Å²) in [5, 5.41) is 2.95. The van der Waals surface area contributed by atoms with E-state index in [9.17, 15) is 13.2 Å². The van der Waals surface area contributed by atoms with E-state index in [0.29, 0.717) is 31.1 Å². The number of amides is 2. The van der Waals surface area contributed by atoms with E-state index in [1.165, 1.54) is 26.4 Å². The van der Waals surface area contributed by atoms with Crippen LogP contribution in [0.15, 0.2) is 23.1 Å². The van der Waals surface area contributed by atoms with Crippen molar-refractivity contribution in [2.75, 3.05) is 33.9 Å². The third-order valence-corrected chi connectivity index (χ3v) is 6.03. The predicted molar refractivity (Wildman–Crippen MR) is 107 cm³/mol. The molecule has 1 aliphatic rings. The van der Waals surface area contributed by atoms with Crippen LogP contribution >= 0.6 is 0 Å². The molecule has 0 radical (unpaired) electrons. The van der Waals surface area contributed by atoms with Gasteiger partial charge in [-0.1, -0.05) is 0 Å². The number of urea groups is 1. The molecule has 0 aromatic heterocycles. The Hall–Kier alpha value is -2.00. The van der Waals surface area contributed by atoms with Crippen molar-refractivity contribution in [1.29, 1.82) is 0 Å². The Bertz CT molecular complexity index is 781. The van der Waals surface area contributed by atoms with Crippen LogP contribution in [0.5, 0.6) is 11.5 Å². The Morgan fingerprint density at radius 1 is 1.14 bits per heavy atom. The fourth-order valence-corrected chi connectivity index (χ4v) is 4.17. The largest absolute Gasteiger partial charge is 0.493 e. The van der Waals surface area contributed by atoms with Crippen LogP contribution in [0.2, 0.25) is 0 Å². The van der Waals surface area contributed by atoms with Gasteiger partial charge in [0.05, 0.1) is 19.1 Å². The Morgan fingerprint density at radius 3 is 2.29 bits per heavy atom. The molecule has 1 saturated heterocycles. The summed E-state index contributed by atoms with van der Waals surface area (Å²) in [6, 6.07) is 4.43. The second-order valence-corrected chi connectivity index (χ2v) is 9.75. The number of nitrogens with one attached hydrogen (secondary N) is 2. The molecular weight excluding hydrogens is 382 g/mol. The first-order chi connectivity index (χ1) is 13.1. The number of hydrogen-bond acceptors (Lipinski definition) is 5. The first kappa shape index (κ1) is 22.3. The molecule has 0 atom stereocenters. The van der Waals surface area contributed by atoms with Crippen molar-refractivity contribution >= 4 is 16.1 Å². The van der Waals surface area contributed by atoms with Gasteiger partial charge in [0, 0.05) is 31.2 Å². The number of nitrogens with zero attached hydrogens (tertiary/aromatic N) is 1. The monoisotopic (exact) mass is 413 g/mol. The zero-order valence-electron chi connectivity index (χ0n) is 17.2. The first-order valence-electron chi connectivity index (χ1n) is 9.34. The molecule has 1 aliphatic heterocycles. The van der Waals surface area contributed by atoms with Gasteiger partial charge >= 0.3 is 6.03 Å². The fourth-order valence-electron chi connectivity index (χ4n) is 3.03. The highest BCUT2D eigenvalue weighted by atomic mass is 32.2. The van der Waals surface area contributed by atoms with Crippen molar-refractivity contribution in [2.24, 2.45) is 5.92 Å². The average molecular weight is 414 g/mol. The molecule has 0 bridgehead atoms. The van der Waals surface area contributed by atoms with Crippen LogP contribution in [0.1, 0.15) is 33.6 Å². The molecule has 2 amide bonds. The number of hydrogen-bond donors (Lipinski definition) is 2. The number of methoxy groups -OCH3 is 2. The van der Waals surface area contributed by atoms with E-state index in [1.54, 1.807) is 11.0 Å². The lowest BCUT2D eigenvalue weighted by molar-refractivity contribution is 0.163. The third kappa shape index (κ3) is 6.00. The van der Waals surface area contributed by atoms with Crippen LogP contribution in [-0.2, 0) is 10.0 Å². The quantitative estimate of drug-likeness (QED) is 0.745. The number of rotatable bonds is 6. The summed E-state index contributed by atoms with van der Waals surface area (Å²) in [5.74, 6) is 1.03. The third-order valence-electron chi connectivity index (χ3n) is 4.61. The Morgan fingerprint density at radius 2 is 1.75 bits per heavy atom. The Labute approximate surface area is 167 Å². The van der Waals surface area contributed by atoms with Crippen LogP contribution in [0.25, 0.3) is 0 Å². The van der Waals surface area contributed by atoms with E-state index in [-0.39, 0.29) is 22.4 Å². The predicted octanol–water partition coefficient (Wildman–Crippen LogP) is 2.20. The van der Waals surface area contributed by atoms with Crippen molar-refractivity contribution in [1.82, 2.24) is 14.9 Å². The maximum Gasteiger partial charge on any atom is 0.317 e. The summed E-state index contributed by atoms with van der Waals surface area (Å²) in [5.41, 5.74) is -0.275. The molecule has 1 fully saturated rings. The lowest BCUT2D eigenvalue weighted by atomic mass is 9.97. The highest BCUT2D eigenvalue weighted by molar-refractivity contribution is 7.89. The molecule has 2 N–H and O–H groups in total. The molecule has 0 spiro atoms. The lowest BCUT2D eigenvalue weighted by Gasteiger charge is -2.34. The van der Waals surface area contributed by atoms with Crippen LogP contribution < -0.4 is 19.5 Å². The standard InChI is InChI=1S/C19H31N3O5S/c1-19(2,3)21-18(23)22-10-8-14(9-11-22)13-20-28(24,25)15-6-7-16(26-4)17(12-15)27-5/h6-7,12,14,20H,8-11,13H2,1-5H3,(H,21,23). The van der Waals surface area contributed by atoms with Crippen molar-refractivity contribution < 1.29 is 22.7 Å². The molecule has 0 unspecified atom stereocenters. The van der Waals surface area contributed by atoms with Gasteiger partial charge in [-0.2, -0.15) is 0 Å². The molecule has 0 saturated carbocycles. The van der Waals surface area contributed by atoms with Gasteiger partial charge in [0.25, 0.3) is 0 Å². The fraction of sp³-hybridized carbons (Fsp3) is 0.632. The van der Waals surface area contributed by atoms with E-state index in [0.717, 1.165) is 12.8 Å². The molecule has 1 heterocycles. The number of piperidine rings is 1. The minimum atomic E-state index is -3.65. The van der Waals surface area contributed by atoms with Gasteiger partial charge in [-0.15, -0.1) is 0 Å². The van der Waals surface area contributed by atoms with Crippen molar-refractivity contribution in [3.63, 3.8) is 0 Å². The summed E-state index contributed by atoms with van der Waals surface area (Å²) in [7, 11) is -0.688. The van der Waals surface area contributed by atoms with Crippen LogP contribution in [0.3, 0.4) is 0 Å². The second-order valence-electron chi connectivity index (χ2n) is 7.98. The molecule has 158 valence electrons. The highest BCUT2D eigenvalue weighted by Gasteiger charge is 2.26. The van der Waals surface area contributed by atoms with E-state index < -0.39 is 10.0 Å². The van der Waals surface area contributed by atoms with Gasteiger partial charge in [-0.05, 0) is 51.7 Å². The smallest absolute Gasteiger partial charge is 0.317 e. The van der Waals surface area contributed by atoms with Gasteiger partial charge < -0.3 is 19.7 Å². The molecule has 28 heavy (non-hydrogen) atoms. The van der Waals surface area contributed by atoms with Crippen molar-refractivity contribution in [3.05, 3.63) is 18.2 Å². The number of carbonyl (C=O) groups is 1. The first-order valence-corrected chi connectivity index (χ1v) is 10.8. The van der Waals surface area contributed by atoms with Crippen LogP contribution in [0.4, 0.5) is 4.79 Å². The number of ether oxygens (including phenoxy) is 2. The number of likely N-dealkylation sites (tertiary alicyclic amines) is 1. The summed E-state index contributed by atoms with van der Waals surface area (Å²) < 4.78 is 38.2. The minimum absolute atomic E-state index is 0.0724. The molecule has 1 aromatic rings. The van der Waals surface area contributed by atoms with Crippen molar-refractivity contribution in [3.8, 4) is 11.5 Å². The molecule has 0 aliphatic carbocycles. The normalized spacial score (nSPS) is 16.0. The second kappa shape index (κ2) is 9.00. The van der Waals surface area contributed by atoms with Gasteiger partial charge in [-0.3, -0.25) is 0 Å². The van der Waals surface area contributed by atoms with Gasteiger partial charge in [0.2, 0.25) is 10.0 Å². The molecule has 1 aromatic carbocycles.